The molecule has 0 radical (unpaired) electrons. The van der Waals surface area contributed by atoms with Gasteiger partial charge in [-0.05, 0) is 34.8 Å². The molecule has 2 unspecified atom stereocenters. The van der Waals surface area contributed by atoms with Gasteiger partial charge in [0.05, 0.1) is 22.8 Å². The van der Waals surface area contributed by atoms with Gasteiger partial charge in [0.1, 0.15) is 4.60 Å². The van der Waals surface area contributed by atoms with Crippen LogP contribution in [-0.4, -0.2) is 34.4 Å². The second-order valence-corrected chi connectivity index (χ2v) is 5.93. The summed E-state index contributed by atoms with van der Waals surface area (Å²) in [6.45, 7) is 0.899. The smallest absolute Gasteiger partial charge is 0.225 e. The van der Waals surface area contributed by atoms with Crippen molar-refractivity contribution in [3.63, 3.8) is 0 Å². The molecule has 2 aliphatic heterocycles. The van der Waals surface area contributed by atoms with Crippen LogP contribution >= 0.6 is 27.5 Å². The average Bonchev–Trinajstić information content (AvgIpc) is 2.90. The molecular formula is C12H13BrClN3O. The third kappa shape index (κ3) is 2.10. The van der Waals surface area contributed by atoms with Crippen molar-refractivity contribution in [2.75, 3.05) is 11.9 Å². The Bertz CT molecular complexity index is 496. The average molecular weight is 331 g/mol. The zero-order valence-electron chi connectivity index (χ0n) is 9.70. The van der Waals surface area contributed by atoms with Crippen LogP contribution in [0.25, 0.3) is 0 Å². The molecule has 6 heteroatoms. The zero-order chi connectivity index (χ0) is 12.7. The first-order valence-electron chi connectivity index (χ1n) is 6.02. The molecule has 3 heterocycles. The van der Waals surface area contributed by atoms with Crippen LogP contribution in [0.2, 0.25) is 5.02 Å². The van der Waals surface area contributed by atoms with Crippen LogP contribution in [0.4, 0.5) is 5.69 Å². The van der Waals surface area contributed by atoms with Crippen LogP contribution in [0.15, 0.2) is 16.9 Å². The van der Waals surface area contributed by atoms with E-state index in [1.165, 1.54) is 0 Å². The van der Waals surface area contributed by atoms with Crippen molar-refractivity contribution < 1.29 is 4.79 Å². The fraction of sp³-hybridized carbons (Fsp3) is 0.500. The zero-order valence-corrected chi connectivity index (χ0v) is 12.0. The van der Waals surface area contributed by atoms with Gasteiger partial charge in [-0.15, -0.1) is 0 Å². The molecule has 0 bridgehead atoms. The minimum atomic E-state index is 0.163. The predicted molar refractivity (Wildman–Crippen MR) is 73.7 cm³/mol. The lowest BCUT2D eigenvalue weighted by Crippen LogP contribution is -2.34. The number of fused-ring (bicyclic) bond motifs is 1. The van der Waals surface area contributed by atoms with Gasteiger partial charge >= 0.3 is 0 Å². The van der Waals surface area contributed by atoms with Gasteiger partial charge in [0.15, 0.2) is 0 Å². The number of rotatable bonds is 2. The maximum atomic E-state index is 11.8. The Morgan fingerprint density at radius 2 is 2.39 bits per heavy atom. The first kappa shape index (κ1) is 12.2. The molecule has 1 aromatic rings. The molecule has 96 valence electrons. The highest BCUT2D eigenvalue weighted by Gasteiger charge is 2.42. The quantitative estimate of drug-likeness (QED) is 0.848. The molecule has 3 rings (SSSR count). The summed E-state index contributed by atoms with van der Waals surface area (Å²) in [6, 6.07) is 2.32. The van der Waals surface area contributed by atoms with Gasteiger partial charge in [-0.1, -0.05) is 11.6 Å². The van der Waals surface area contributed by atoms with Gasteiger partial charge in [0.25, 0.3) is 0 Å². The SMILES string of the molecule is O=C1CC(Nc2cc(Cl)cnc2Br)C2CCCN12. The van der Waals surface area contributed by atoms with Crippen LogP contribution in [0.1, 0.15) is 19.3 Å². The fourth-order valence-corrected chi connectivity index (χ4v) is 3.32. The fourth-order valence-electron chi connectivity index (χ4n) is 2.83. The number of hydrogen-bond acceptors (Lipinski definition) is 3. The Morgan fingerprint density at radius 3 is 3.22 bits per heavy atom. The summed E-state index contributed by atoms with van der Waals surface area (Å²) in [7, 11) is 0. The van der Waals surface area contributed by atoms with Crippen LogP contribution in [0, 0.1) is 0 Å². The third-order valence-electron chi connectivity index (χ3n) is 3.63. The highest BCUT2D eigenvalue weighted by Crippen LogP contribution is 2.33. The minimum Gasteiger partial charge on any atom is -0.377 e. The predicted octanol–water partition coefficient (Wildman–Crippen LogP) is 2.67. The summed E-state index contributed by atoms with van der Waals surface area (Å²) in [5, 5.41) is 3.99. The second-order valence-electron chi connectivity index (χ2n) is 4.74. The lowest BCUT2D eigenvalue weighted by Gasteiger charge is -2.22. The highest BCUT2D eigenvalue weighted by molar-refractivity contribution is 9.10. The molecule has 4 nitrogen and oxygen atoms in total. The van der Waals surface area contributed by atoms with E-state index in [-0.39, 0.29) is 11.9 Å². The summed E-state index contributed by atoms with van der Waals surface area (Å²) in [4.78, 5) is 18.0. The van der Waals surface area contributed by atoms with Gasteiger partial charge in [-0.3, -0.25) is 4.79 Å². The summed E-state index contributed by atoms with van der Waals surface area (Å²) < 4.78 is 0.732. The van der Waals surface area contributed by atoms with Crippen molar-refractivity contribution in [1.82, 2.24) is 9.88 Å². The van der Waals surface area contributed by atoms with E-state index in [0.717, 1.165) is 29.7 Å². The normalized spacial score (nSPS) is 26.6. The second kappa shape index (κ2) is 4.70. The maximum absolute atomic E-state index is 11.8. The molecule has 0 aliphatic carbocycles. The van der Waals surface area contributed by atoms with Crippen LogP contribution in [0.3, 0.4) is 0 Å². The Labute approximate surface area is 119 Å². The summed E-state index contributed by atoms with van der Waals surface area (Å²) in [5.74, 6) is 0.251. The number of aromatic nitrogens is 1. The van der Waals surface area contributed by atoms with Crippen molar-refractivity contribution in [3.8, 4) is 0 Å². The lowest BCUT2D eigenvalue weighted by atomic mass is 10.1. The molecule has 1 amide bonds. The summed E-state index contributed by atoms with van der Waals surface area (Å²) >= 11 is 9.34. The van der Waals surface area contributed by atoms with Crippen LogP contribution in [-0.2, 0) is 4.79 Å². The number of nitrogens with one attached hydrogen (secondary N) is 1. The first-order chi connectivity index (χ1) is 8.65. The topological polar surface area (TPSA) is 45.2 Å². The third-order valence-corrected chi connectivity index (χ3v) is 4.46. The highest BCUT2D eigenvalue weighted by atomic mass is 79.9. The van der Waals surface area contributed by atoms with Gasteiger partial charge in [-0.2, -0.15) is 0 Å². The number of anilines is 1. The molecule has 1 N–H and O–H groups in total. The van der Waals surface area contributed by atoms with E-state index in [2.05, 4.69) is 26.2 Å². The first-order valence-corrected chi connectivity index (χ1v) is 7.19. The number of carbonyl (C=O) groups is 1. The molecule has 2 atom stereocenters. The largest absolute Gasteiger partial charge is 0.377 e. The Morgan fingerprint density at radius 1 is 1.56 bits per heavy atom. The molecule has 18 heavy (non-hydrogen) atoms. The Kier molecular flexibility index (Phi) is 3.20. The number of pyridine rings is 1. The molecular weight excluding hydrogens is 318 g/mol. The van der Waals surface area contributed by atoms with Crippen LogP contribution < -0.4 is 5.32 Å². The van der Waals surface area contributed by atoms with E-state index in [1.807, 2.05) is 11.0 Å². The number of hydrogen-bond donors (Lipinski definition) is 1. The van der Waals surface area contributed by atoms with Gasteiger partial charge in [0.2, 0.25) is 5.91 Å². The molecule has 0 aromatic carbocycles. The standard InChI is InChI=1S/C12H13BrClN3O/c13-12-9(4-7(14)6-15-12)16-8-5-11(18)17-3-1-2-10(8)17/h4,6,8,10,16H,1-3,5H2. The van der Waals surface area contributed by atoms with Crippen molar-refractivity contribution >= 4 is 39.1 Å². The monoisotopic (exact) mass is 329 g/mol. The van der Waals surface area contributed by atoms with Gasteiger partial charge in [-0.25, -0.2) is 4.98 Å². The summed E-state index contributed by atoms with van der Waals surface area (Å²) in [5.41, 5.74) is 0.856. The molecule has 0 spiro atoms. The van der Waals surface area contributed by atoms with E-state index >= 15 is 0 Å². The molecule has 1 aromatic heterocycles. The van der Waals surface area contributed by atoms with E-state index in [0.29, 0.717) is 17.5 Å². The Hall–Kier alpha value is -0.810. The van der Waals surface area contributed by atoms with Gasteiger partial charge < -0.3 is 10.2 Å². The van der Waals surface area contributed by atoms with E-state index in [4.69, 9.17) is 11.6 Å². The molecule has 2 saturated heterocycles. The van der Waals surface area contributed by atoms with Crippen LogP contribution in [0.5, 0.6) is 0 Å². The van der Waals surface area contributed by atoms with Crippen molar-refractivity contribution in [3.05, 3.63) is 21.9 Å². The lowest BCUT2D eigenvalue weighted by molar-refractivity contribution is -0.127. The van der Waals surface area contributed by atoms with Gasteiger partial charge in [0, 0.05) is 19.2 Å². The van der Waals surface area contributed by atoms with Crippen molar-refractivity contribution in [2.45, 2.75) is 31.3 Å². The van der Waals surface area contributed by atoms with Crippen molar-refractivity contribution in [2.24, 2.45) is 0 Å². The molecule has 0 saturated carbocycles. The van der Waals surface area contributed by atoms with E-state index in [9.17, 15) is 4.79 Å². The number of halogens is 2. The van der Waals surface area contributed by atoms with E-state index in [1.54, 1.807) is 6.20 Å². The molecule has 2 aliphatic rings. The minimum absolute atomic E-state index is 0.163. The van der Waals surface area contributed by atoms with E-state index < -0.39 is 0 Å². The number of nitrogens with zero attached hydrogens (tertiary/aromatic N) is 2. The summed E-state index contributed by atoms with van der Waals surface area (Å²) in [6.07, 6.45) is 4.33. The number of amides is 1. The Balaban J connectivity index is 1.80. The van der Waals surface area contributed by atoms with Crippen molar-refractivity contribution in [1.29, 1.82) is 0 Å². The maximum Gasteiger partial charge on any atom is 0.225 e. The molecule has 2 fully saturated rings. The number of carbonyl (C=O) groups excluding carboxylic acids is 1.